The molecule has 5 heteroatoms. The first-order valence-corrected chi connectivity index (χ1v) is 6.19. The van der Waals surface area contributed by atoms with E-state index >= 15 is 0 Å². The van der Waals surface area contributed by atoms with E-state index in [1.807, 2.05) is 0 Å². The highest BCUT2D eigenvalue weighted by Crippen LogP contribution is 2.17. The van der Waals surface area contributed by atoms with Crippen molar-refractivity contribution in [2.75, 3.05) is 19.3 Å². The smallest absolute Gasteiger partial charge is 0.268 e. The van der Waals surface area contributed by atoms with Crippen molar-refractivity contribution in [3.05, 3.63) is 22.6 Å². The lowest BCUT2D eigenvalue weighted by Crippen LogP contribution is -2.37. The van der Waals surface area contributed by atoms with Gasteiger partial charge in [-0.05, 0) is 32.9 Å². The minimum Gasteiger partial charge on any atom is -0.397 e. The number of anilines is 1. The van der Waals surface area contributed by atoms with E-state index in [4.69, 9.17) is 5.73 Å². The third-order valence-electron chi connectivity index (χ3n) is 3.49. The van der Waals surface area contributed by atoms with Gasteiger partial charge in [-0.2, -0.15) is 5.10 Å². The molecule has 1 aliphatic heterocycles. The Hall–Kier alpha value is -1.36. The molecule has 94 valence electrons. The molecule has 1 aliphatic rings. The molecule has 1 saturated heterocycles. The van der Waals surface area contributed by atoms with Crippen LogP contribution in [-0.4, -0.2) is 34.3 Å². The number of rotatable bonds is 3. The Labute approximate surface area is 101 Å². The second-order valence-corrected chi connectivity index (χ2v) is 4.77. The highest BCUT2D eigenvalue weighted by molar-refractivity contribution is 5.31. The van der Waals surface area contributed by atoms with Crippen molar-refractivity contribution in [2.24, 2.45) is 0 Å². The molecule has 0 aromatic carbocycles. The Kier molecular flexibility index (Phi) is 3.78. The molecule has 0 bridgehead atoms. The fourth-order valence-corrected chi connectivity index (χ4v) is 2.40. The summed E-state index contributed by atoms with van der Waals surface area (Å²) in [5.41, 5.74) is 5.83. The van der Waals surface area contributed by atoms with Crippen LogP contribution in [0.3, 0.4) is 0 Å². The number of piperidine rings is 1. The average Bonchev–Trinajstić information content (AvgIpc) is 2.30. The standard InChI is InChI=1S/C12H20N4O/c1-15-6-3-2-4-11(15)5-7-16-12(17)8-10(13)9-14-16/h8-9,11H,2-7,13H2,1H3. The van der Waals surface area contributed by atoms with Gasteiger partial charge in [0.25, 0.3) is 5.56 Å². The van der Waals surface area contributed by atoms with Crippen LogP contribution < -0.4 is 11.3 Å². The second-order valence-electron chi connectivity index (χ2n) is 4.77. The van der Waals surface area contributed by atoms with Crippen LogP contribution in [0.5, 0.6) is 0 Å². The zero-order valence-corrected chi connectivity index (χ0v) is 10.3. The predicted octanol–water partition coefficient (Wildman–Crippen LogP) is 0.700. The Bertz CT molecular complexity index is 429. The summed E-state index contributed by atoms with van der Waals surface area (Å²) in [5.74, 6) is 0. The van der Waals surface area contributed by atoms with E-state index in [9.17, 15) is 4.79 Å². The molecule has 2 N–H and O–H groups in total. The summed E-state index contributed by atoms with van der Waals surface area (Å²) in [7, 11) is 2.16. The molecule has 0 saturated carbocycles. The van der Waals surface area contributed by atoms with Crippen molar-refractivity contribution in [3.8, 4) is 0 Å². The fourth-order valence-electron chi connectivity index (χ4n) is 2.40. The zero-order chi connectivity index (χ0) is 12.3. The molecule has 1 aromatic heterocycles. The summed E-state index contributed by atoms with van der Waals surface area (Å²) < 4.78 is 1.50. The highest BCUT2D eigenvalue weighted by Gasteiger charge is 2.18. The topological polar surface area (TPSA) is 64.2 Å². The lowest BCUT2D eigenvalue weighted by molar-refractivity contribution is 0.169. The van der Waals surface area contributed by atoms with Gasteiger partial charge in [0.15, 0.2) is 0 Å². The number of nitrogen functional groups attached to an aromatic ring is 1. The van der Waals surface area contributed by atoms with Crippen LogP contribution in [0.15, 0.2) is 17.1 Å². The minimum absolute atomic E-state index is 0.108. The number of aromatic nitrogens is 2. The van der Waals surface area contributed by atoms with Crippen molar-refractivity contribution in [3.63, 3.8) is 0 Å². The van der Waals surface area contributed by atoms with Crippen molar-refractivity contribution < 1.29 is 0 Å². The maximum atomic E-state index is 11.6. The summed E-state index contributed by atoms with van der Waals surface area (Å²) in [4.78, 5) is 14.0. The molecular formula is C12H20N4O. The second kappa shape index (κ2) is 5.31. The van der Waals surface area contributed by atoms with E-state index < -0.39 is 0 Å². The normalized spacial score (nSPS) is 21.6. The molecule has 2 rings (SSSR count). The molecule has 1 fully saturated rings. The molecule has 0 spiro atoms. The number of likely N-dealkylation sites (tertiary alicyclic amines) is 1. The lowest BCUT2D eigenvalue weighted by Gasteiger charge is -2.32. The quantitative estimate of drug-likeness (QED) is 0.839. The number of nitrogens with zero attached hydrogens (tertiary/aromatic N) is 3. The Morgan fingerprint density at radius 3 is 3.06 bits per heavy atom. The largest absolute Gasteiger partial charge is 0.397 e. The summed E-state index contributed by atoms with van der Waals surface area (Å²) in [6.07, 6.45) is 6.31. The van der Waals surface area contributed by atoms with Gasteiger partial charge in [-0.15, -0.1) is 0 Å². The third kappa shape index (κ3) is 3.06. The number of aryl methyl sites for hydroxylation is 1. The molecule has 0 aliphatic carbocycles. The van der Waals surface area contributed by atoms with E-state index in [-0.39, 0.29) is 5.56 Å². The average molecular weight is 236 g/mol. The third-order valence-corrected chi connectivity index (χ3v) is 3.49. The van der Waals surface area contributed by atoms with Gasteiger partial charge < -0.3 is 10.6 Å². The van der Waals surface area contributed by atoms with Crippen molar-refractivity contribution >= 4 is 5.69 Å². The highest BCUT2D eigenvalue weighted by atomic mass is 16.1. The first kappa shape index (κ1) is 12.1. The summed E-state index contributed by atoms with van der Waals surface area (Å²) in [5, 5.41) is 4.05. The molecule has 1 aromatic rings. The molecule has 2 heterocycles. The maximum Gasteiger partial charge on any atom is 0.268 e. The van der Waals surface area contributed by atoms with Gasteiger partial charge in [-0.25, -0.2) is 4.68 Å². The predicted molar refractivity (Wildman–Crippen MR) is 67.8 cm³/mol. The van der Waals surface area contributed by atoms with Gasteiger partial charge in [0.05, 0.1) is 11.9 Å². The van der Waals surface area contributed by atoms with Gasteiger partial charge in [0.2, 0.25) is 0 Å². The zero-order valence-electron chi connectivity index (χ0n) is 10.3. The Morgan fingerprint density at radius 1 is 1.53 bits per heavy atom. The van der Waals surface area contributed by atoms with Gasteiger partial charge in [-0.1, -0.05) is 6.42 Å². The molecule has 5 nitrogen and oxygen atoms in total. The van der Waals surface area contributed by atoms with E-state index in [0.717, 1.165) is 13.0 Å². The Morgan fingerprint density at radius 2 is 2.35 bits per heavy atom. The van der Waals surface area contributed by atoms with Gasteiger partial charge >= 0.3 is 0 Å². The lowest BCUT2D eigenvalue weighted by atomic mass is 10.0. The van der Waals surface area contributed by atoms with Crippen LogP contribution in [0.4, 0.5) is 5.69 Å². The first-order valence-electron chi connectivity index (χ1n) is 6.19. The van der Waals surface area contributed by atoms with E-state index in [0.29, 0.717) is 18.3 Å². The summed E-state index contributed by atoms with van der Waals surface area (Å²) >= 11 is 0. The SMILES string of the molecule is CN1CCCCC1CCn1ncc(N)cc1=O. The van der Waals surface area contributed by atoms with Gasteiger partial charge in [-0.3, -0.25) is 4.79 Å². The van der Waals surface area contributed by atoms with E-state index in [2.05, 4.69) is 17.0 Å². The fraction of sp³-hybridized carbons (Fsp3) is 0.667. The first-order chi connectivity index (χ1) is 8.16. The number of hydrogen-bond acceptors (Lipinski definition) is 4. The van der Waals surface area contributed by atoms with Gasteiger partial charge in [0.1, 0.15) is 0 Å². The minimum atomic E-state index is -0.108. The van der Waals surface area contributed by atoms with Crippen LogP contribution in [0.2, 0.25) is 0 Å². The maximum absolute atomic E-state index is 11.6. The van der Waals surface area contributed by atoms with E-state index in [1.54, 1.807) is 0 Å². The van der Waals surface area contributed by atoms with E-state index in [1.165, 1.54) is 36.2 Å². The van der Waals surface area contributed by atoms with Crippen LogP contribution in [-0.2, 0) is 6.54 Å². The summed E-state index contributed by atoms with van der Waals surface area (Å²) in [6.45, 7) is 1.84. The van der Waals surface area contributed by atoms with Crippen molar-refractivity contribution in [2.45, 2.75) is 38.3 Å². The molecule has 1 unspecified atom stereocenters. The monoisotopic (exact) mass is 236 g/mol. The Balaban J connectivity index is 1.95. The molecule has 0 radical (unpaired) electrons. The molecular weight excluding hydrogens is 216 g/mol. The van der Waals surface area contributed by atoms with Crippen LogP contribution in [0.1, 0.15) is 25.7 Å². The van der Waals surface area contributed by atoms with Crippen molar-refractivity contribution in [1.82, 2.24) is 14.7 Å². The molecule has 1 atom stereocenters. The van der Waals surface area contributed by atoms with Crippen LogP contribution in [0.25, 0.3) is 0 Å². The van der Waals surface area contributed by atoms with Crippen LogP contribution in [0, 0.1) is 0 Å². The van der Waals surface area contributed by atoms with Crippen molar-refractivity contribution in [1.29, 1.82) is 0 Å². The number of hydrogen-bond donors (Lipinski definition) is 1. The van der Waals surface area contributed by atoms with Crippen LogP contribution >= 0.6 is 0 Å². The van der Waals surface area contributed by atoms with Gasteiger partial charge in [0, 0.05) is 18.7 Å². The molecule has 0 amide bonds. The number of nitrogens with two attached hydrogens (primary N) is 1. The molecule has 17 heavy (non-hydrogen) atoms. The summed E-state index contributed by atoms with van der Waals surface area (Å²) in [6, 6.07) is 2.01.